The standard InChI is InChI=1S/C15H15BrN2O3S2/c16-13-7-8-15(22-13)23(20,21)18-12-3-1-10(2-4-12)9-14(19)17-11-5-6-11/h1-4,7-8,11,18H,5-6,9H2,(H,17,19). The summed E-state index contributed by atoms with van der Waals surface area (Å²) in [6.07, 6.45) is 2.43. The molecule has 23 heavy (non-hydrogen) atoms. The second-order valence-corrected chi connectivity index (χ2v) is 9.75. The van der Waals surface area contributed by atoms with Crippen molar-refractivity contribution in [3.05, 3.63) is 45.7 Å². The fraction of sp³-hybridized carbons (Fsp3) is 0.267. The summed E-state index contributed by atoms with van der Waals surface area (Å²) < 4.78 is 28.0. The Labute approximate surface area is 147 Å². The Kier molecular flexibility index (Phi) is 4.74. The summed E-state index contributed by atoms with van der Waals surface area (Å²) in [6.45, 7) is 0. The second kappa shape index (κ2) is 6.62. The van der Waals surface area contributed by atoms with Gasteiger partial charge in [-0.25, -0.2) is 8.42 Å². The van der Waals surface area contributed by atoms with Crippen LogP contribution in [0.3, 0.4) is 0 Å². The number of sulfonamides is 1. The van der Waals surface area contributed by atoms with Gasteiger partial charge >= 0.3 is 0 Å². The van der Waals surface area contributed by atoms with E-state index in [4.69, 9.17) is 0 Å². The molecule has 1 aliphatic rings. The van der Waals surface area contributed by atoms with Crippen LogP contribution in [-0.4, -0.2) is 20.4 Å². The minimum absolute atomic E-state index is 0.00395. The van der Waals surface area contributed by atoms with Crippen LogP contribution in [-0.2, 0) is 21.2 Å². The average molecular weight is 415 g/mol. The van der Waals surface area contributed by atoms with Crippen molar-refractivity contribution in [2.45, 2.75) is 29.5 Å². The minimum atomic E-state index is -3.58. The van der Waals surface area contributed by atoms with Gasteiger partial charge in [-0.2, -0.15) is 0 Å². The molecule has 122 valence electrons. The number of carbonyl (C=O) groups excluding carboxylic acids is 1. The number of thiophene rings is 1. The van der Waals surface area contributed by atoms with Gasteiger partial charge in [-0.05, 0) is 58.6 Å². The van der Waals surface area contributed by atoms with Gasteiger partial charge in [-0.15, -0.1) is 11.3 Å². The lowest BCUT2D eigenvalue weighted by atomic mass is 10.1. The Hall–Kier alpha value is -1.38. The van der Waals surface area contributed by atoms with Crippen LogP contribution in [0.2, 0.25) is 0 Å². The van der Waals surface area contributed by atoms with E-state index in [1.54, 1.807) is 36.4 Å². The van der Waals surface area contributed by atoms with Gasteiger partial charge in [-0.1, -0.05) is 12.1 Å². The van der Waals surface area contributed by atoms with E-state index in [0.717, 1.165) is 33.5 Å². The molecule has 1 saturated carbocycles. The van der Waals surface area contributed by atoms with Crippen LogP contribution in [0.4, 0.5) is 5.69 Å². The summed E-state index contributed by atoms with van der Waals surface area (Å²) in [5.74, 6) is 0.00395. The molecule has 0 unspecified atom stereocenters. The van der Waals surface area contributed by atoms with Gasteiger partial charge in [0.25, 0.3) is 10.0 Å². The zero-order valence-corrected chi connectivity index (χ0v) is 15.3. The highest BCUT2D eigenvalue weighted by atomic mass is 79.9. The van der Waals surface area contributed by atoms with Crippen molar-refractivity contribution < 1.29 is 13.2 Å². The second-order valence-electron chi connectivity index (χ2n) is 5.38. The number of rotatable bonds is 6. The molecule has 1 fully saturated rings. The minimum Gasteiger partial charge on any atom is -0.353 e. The van der Waals surface area contributed by atoms with E-state index in [1.807, 2.05) is 0 Å². The van der Waals surface area contributed by atoms with Crippen LogP contribution < -0.4 is 10.0 Å². The normalized spacial score (nSPS) is 14.5. The number of benzene rings is 1. The molecule has 1 heterocycles. The zero-order valence-electron chi connectivity index (χ0n) is 12.1. The molecule has 2 aromatic rings. The summed E-state index contributed by atoms with van der Waals surface area (Å²) in [7, 11) is -3.58. The predicted octanol–water partition coefficient (Wildman–Crippen LogP) is 3.13. The van der Waals surface area contributed by atoms with Gasteiger partial charge in [-0.3, -0.25) is 9.52 Å². The van der Waals surface area contributed by atoms with Gasteiger partial charge in [0.05, 0.1) is 10.2 Å². The number of amides is 1. The highest BCUT2D eigenvalue weighted by Gasteiger charge is 2.23. The van der Waals surface area contributed by atoms with Crippen LogP contribution in [0.5, 0.6) is 0 Å². The first-order chi connectivity index (χ1) is 10.9. The van der Waals surface area contributed by atoms with Crippen molar-refractivity contribution >= 4 is 48.9 Å². The van der Waals surface area contributed by atoms with E-state index in [1.165, 1.54) is 0 Å². The summed E-state index contributed by atoms with van der Waals surface area (Å²) in [6, 6.07) is 10.4. The smallest absolute Gasteiger partial charge is 0.271 e. The summed E-state index contributed by atoms with van der Waals surface area (Å²) in [5.41, 5.74) is 1.32. The number of hydrogen-bond acceptors (Lipinski definition) is 4. The van der Waals surface area contributed by atoms with E-state index in [-0.39, 0.29) is 10.1 Å². The van der Waals surface area contributed by atoms with E-state index in [2.05, 4.69) is 26.0 Å². The van der Waals surface area contributed by atoms with Gasteiger partial charge in [0.2, 0.25) is 5.91 Å². The van der Waals surface area contributed by atoms with Crippen molar-refractivity contribution in [1.82, 2.24) is 5.32 Å². The number of carbonyl (C=O) groups is 1. The molecule has 0 atom stereocenters. The van der Waals surface area contributed by atoms with Crippen LogP contribution in [0.15, 0.2) is 44.4 Å². The summed E-state index contributed by atoms with van der Waals surface area (Å²) >= 11 is 4.40. The third-order valence-electron chi connectivity index (χ3n) is 3.33. The summed E-state index contributed by atoms with van der Waals surface area (Å²) in [5, 5.41) is 2.93. The van der Waals surface area contributed by atoms with E-state index in [9.17, 15) is 13.2 Å². The molecule has 1 aromatic carbocycles. The van der Waals surface area contributed by atoms with Crippen molar-refractivity contribution in [2.24, 2.45) is 0 Å². The first-order valence-electron chi connectivity index (χ1n) is 7.09. The Morgan fingerprint density at radius 3 is 2.43 bits per heavy atom. The molecule has 1 amide bonds. The van der Waals surface area contributed by atoms with E-state index in [0.29, 0.717) is 18.2 Å². The van der Waals surface area contributed by atoms with Gasteiger partial charge in [0.15, 0.2) is 0 Å². The largest absolute Gasteiger partial charge is 0.353 e. The topological polar surface area (TPSA) is 75.3 Å². The van der Waals surface area contributed by atoms with E-state index >= 15 is 0 Å². The van der Waals surface area contributed by atoms with E-state index < -0.39 is 10.0 Å². The van der Waals surface area contributed by atoms with Crippen LogP contribution >= 0.6 is 27.3 Å². The Morgan fingerprint density at radius 1 is 1.17 bits per heavy atom. The quantitative estimate of drug-likeness (QED) is 0.761. The molecule has 0 aliphatic heterocycles. The zero-order chi connectivity index (χ0) is 16.4. The highest BCUT2D eigenvalue weighted by molar-refractivity contribution is 9.11. The Morgan fingerprint density at radius 2 is 1.87 bits per heavy atom. The van der Waals surface area contributed by atoms with Crippen molar-refractivity contribution in [2.75, 3.05) is 4.72 Å². The molecule has 0 bridgehead atoms. The monoisotopic (exact) mass is 414 g/mol. The predicted molar refractivity (Wildman–Crippen MR) is 94.1 cm³/mol. The van der Waals surface area contributed by atoms with Crippen LogP contribution in [0, 0.1) is 0 Å². The first-order valence-corrected chi connectivity index (χ1v) is 10.2. The van der Waals surface area contributed by atoms with Gasteiger partial charge in [0, 0.05) is 11.7 Å². The lowest BCUT2D eigenvalue weighted by Crippen LogP contribution is -2.26. The number of nitrogens with one attached hydrogen (secondary N) is 2. The Balaban J connectivity index is 1.63. The molecule has 5 nitrogen and oxygen atoms in total. The molecule has 0 spiro atoms. The molecule has 2 N–H and O–H groups in total. The van der Waals surface area contributed by atoms with Crippen LogP contribution in [0.25, 0.3) is 0 Å². The maximum Gasteiger partial charge on any atom is 0.271 e. The maximum atomic E-state index is 12.2. The maximum absolute atomic E-state index is 12.2. The number of anilines is 1. The van der Waals surface area contributed by atoms with Crippen molar-refractivity contribution in [3.8, 4) is 0 Å². The fourth-order valence-corrected chi connectivity index (χ4v) is 5.10. The van der Waals surface area contributed by atoms with Gasteiger partial charge in [0.1, 0.15) is 4.21 Å². The third-order valence-corrected chi connectivity index (χ3v) is 6.82. The number of halogens is 1. The molecule has 1 aromatic heterocycles. The average Bonchev–Trinajstić information content (AvgIpc) is 3.18. The van der Waals surface area contributed by atoms with Crippen LogP contribution in [0.1, 0.15) is 18.4 Å². The molecule has 0 saturated heterocycles. The molecule has 8 heteroatoms. The molecule has 0 radical (unpaired) electrons. The highest BCUT2D eigenvalue weighted by Crippen LogP contribution is 2.27. The lowest BCUT2D eigenvalue weighted by Gasteiger charge is -2.08. The SMILES string of the molecule is O=C(Cc1ccc(NS(=O)(=O)c2ccc(Br)s2)cc1)NC1CC1. The molecular formula is C15H15BrN2O3S2. The summed E-state index contributed by atoms with van der Waals surface area (Å²) in [4.78, 5) is 11.7. The first kappa shape index (κ1) is 16.5. The van der Waals surface area contributed by atoms with Gasteiger partial charge < -0.3 is 5.32 Å². The molecule has 3 rings (SSSR count). The third kappa shape index (κ3) is 4.55. The number of hydrogen-bond donors (Lipinski definition) is 2. The van der Waals surface area contributed by atoms with Crippen molar-refractivity contribution in [3.63, 3.8) is 0 Å². The molecule has 1 aliphatic carbocycles. The Bertz CT molecular complexity index is 812. The van der Waals surface area contributed by atoms with Crippen molar-refractivity contribution in [1.29, 1.82) is 0 Å². The fourth-order valence-electron chi connectivity index (χ4n) is 2.03. The molecular weight excluding hydrogens is 400 g/mol. The lowest BCUT2D eigenvalue weighted by molar-refractivity contribution is -0.120.